The first kappa shape index (κ1) is 31.0. The summed E-state index contributed by atoms with van der Waals surface area (Å²) in [6, 6.07) is 29.5. The van der Waals surface area contributed by atoms with Crippen molar-refractivity contribution in [3.05, 3.63) is 119 Å². The van der Waals surface area contributed by atoms with Gasteiger partial charge in [0.1, 0.15) is 12.3 Å². The molecule has 5 aromatic rings. The third kappa shape index (κ3) is 6.72. The molecule has 0 aliphatic rings. The van der Waals surface area contributed by atoms with Gasteiger partial charge in [-0.05, 0) is 88.9 Å². The molecule has 0 bridgehead atoms. The van der Waals surface area contributed by atoms with E-state index in [1.165, 1.54) is 49.6 Å². The van der Waals surface area contributed by atoms with Crippen molar-refractivity contribution in [3.8, 4) is 5.75 Å². The van der Waals surface area contributed by atoms with Crippen molar-refractivity contribution in [2.75, 3.05) is 28.0 Å². The number of methoxy groups -OCH3 is 1. The molecule has 0 spiro atoms. The molecule has 0 fully saturated rings. The predicted octanol–water partition coefficient (Wildman–Crippen LogP) is 6.55. The smallest absolute Gasteiger partial charge is 0.264 e. The topological polar surface area (TPSA) is 122 Å². The van der Waals surface area contributed by atoms with Crippen LogP contribution in [0, 0.1) is 6.92 Å². The number of hydrogen-bond acceptors (Lipinski definition) is 6. The van der Waals surface area contributed by atoms with Crippen LogP contribution in [0.25, 0.3) is 10.8 Å². The Morgan fingerprint density at radius 1 is 0.818 bits per heavy atom. The van der Waals surface area contributed by atoms with Crippen molar-refractivity contribution < 1.29 is 26.4 Å². The Morgan fingerprint density at radius 2 is 1.48 bits per heavy atom. The molecule has 12 heteroatoms. The molecule has 44 heavy (non-hydrogen) atoms. The van der Waals surface area contributed by atoms with E-state index in [-0.39, 0.29) is 9.79 Å². The van der Waals surface area contributed by atoms with Crippen LogP contribution in [0.15, 0.2) is 123 Å². The second kappa shape index (κ2) is 12.7. The minimum absolute atomic E-state index is 0.00243. The van der Waals surface area contributed by atoms with Crippen LogP contribution >= 0.6 is 15.9 Å². The summed E-state index contributed by atoms with van der Waals surface area (Å²) in [6.45, 7) is 1.34. The summed E-state index contributed by atoms with van der Waals surface area (Å²) in [4.78, 5) is 13.1. The van der Waals surface area contributed by atoms with Crippen LogP contribution in [0.2, 0.25) is 0 Å². The SMILES string of the molecule is COc1ccc(S(=O)(=O)N(CC(=O)Nc2ccc(S(=O)(=O)Nc3cccc4ccccc34)cc2)c2ccc(C)cc2)cc1Br. The minimum Gasteiger partial charge on any atom is -0.496 e. The van der Waals surface area contributed by atoms with E-state index >= 15 is 0 Å². The summed E-state index contributed by atoms with van der Waals surface area (Å²) >= 11 is 3.32. The normalized spacial score (nSPS) is 11.6. The van der Waals surface area contributed by atoms with Crippen LogP contribution in [0.3, 0.4) is 0 Å². The standard InChI is InChI=1S/C32H28BrN3O6S2/c1-22-10-14-25(15-11-22)36(44(40,41)27-18-19-31(42-2)29(33)20-27)21-32(37)34-24-12-16-26(17-13-24)43(38,39)35-30-9-5-7-23-6-3-4-8-28(23)30/h3-20,35H,21H2,1-2H3,(H,34,37). The zero-order valence-corrected chi connectivity index (χ0v) is 26.9. The van der Waals surface area contributed by atoms with Crippen molar-refractivity contribution in [1.29, 1.82) is 0 Å². The van der Waals surface area contributed by atoms with Crippen molar-refractivity contribution in [3.63, 3.8) is 0 Å². The summed E-state index contributed by atoms with van der Waals surface area (Å²) < 4.78 is 63.1. The van der Waals surface area contributed by atoms with E-state index in [1.807, 2.05) is 37.3 Å². The van der Waals surface area contributed by atoms with Gasteiger partial charge in [0.05, 0.1) is 32.7 Å². The molecule has 0 aromatic heterocycles. The summed E-state index contributed by atoms with van der Waals surface area (Å²) in [5.41, 5.74) is 1.97. The first-order chi connectivity index (χ1) is 21.0. The number of benzene rings is 5. The lowest BCUT2D eigenvalue weighted by Gasteiger charge is -2.24. The van der Waals surface area contributed by atoms with Crippen LogP contribution < -0.4 is 19.1 Å². The van der Waals surface area contributed by atoms with E-state index in [2.05, 4.69) is 26.0 Å². The summed E-state index contributed by atoms with van der Waals surface area (Å²) in [5, 5.41) is 4.33. The molecule has 0 heterocycles. The molecule has 0 saturated heterocycles. The number of sulfonamides is 2. The molecule has 0 unspecified atom stereocenters. The Labute approximate surface area is 264 Å². The largest absolute Gasteiger partial charge is 0.496 e. The first-order valence-electron chi connectivity index (χ1n) is 13.3. The zero-order valence-electron chi connectivity index (χ0n) is 23.7. The molecule has 5 aromatic carbocycles. The molecule has 2 N–H and O–H groups in total. The van der Waals surface area contributed by atoms with E-state index in [9.17, 15) is 21.6 Å². The van der Waals surface area contributed by atoms with Crippen molar-refractivity contribution >= 4 is 69.7 Å². The molecule has 0 saturated carbocycles. The zero-order chi connectivity index (χ0) is 31.5. The van der Waals surface area contributed by atoms with Crippen molar-refractivity contribution in [2.24, 2.45) is 0 Å². The number of nitrogens with one attached hydrogen (secondary N) is 2. The van der Waals surface area contributed by atoms with Gasteiger partial charge in [-0.1, -0.05) is 54.1 Å². The maximum Gasteiger partial charge on any atom is 0.264 e. The lowest BCUT2D eigenvalue weighted by atomic mass is 10.1. The third-order valence-corrected chi connectivity index (χ3v) is 10.6. The number of carbonyl (C=O) groups excluding carboxylic acids is 1. The molecule has 0 aliphatic carbocycles. The van der Waals surface area contributed by atoms with E-state index < -0.39 is 32.5 Å². The number of nitrogens with zero attached hydrogens (tertiary/aromatic N) is 1. The molecule has 0 aliphatic heterocycles. The first-order valence-corrected chi connectivity index (χ1v) is 17.0. The fourth-order valence-electron chi connectivity index (χ4n) is 4.53. The van der Waals surface area contributed by atoms with E-state index in [0.29, 0.717) is 27.3 Å². The molecule has 1 amide bonds. The number of fused-ring (bicyclic) bond motifs is 1. The summed E-state index contributed by atoms with van der Waals surface area (Å²) in [5.74, 6) is -0.160. The van der Waals surface area contributed by atoms with Crippen molar-refractivity contribution in [1.82, 2.24) is 0 Å². The molecule has 5 rings (SSSR count). The van der Waals surface area contributed by atoms with Crippen LogP contribution in [0.1, 0.15) is 5.56 Å². The van der Waals surface area contributed by atoms with Crippen LogP contribution in [0.4, 0.5) is 17.1 Å². The van der Waals surface area contributed by atoms with Gasteiger partial charge in [0.25, 0.3) is 20.0 Å². The lowest BCUT2D eigenvalue weighted by Crippen LogP contribution is -2.38. The Kier molecular flexibility index (Phi) is 8.95. The van der Waals surface area contributed by atoms with Gasteiger partial charge in [-0.2, -0.15) is 0 Å². The third-order valence-electron chi connectivity index (χ3n) is 6.80. The van der Waals surface area contributed by atoms with Crippen LogP contribution in [-0.4, -0.2) is 36.4 Å². The van der Waals surface area contributed by atoms with Gasteiger partial charge >= 0.3 is 0 Å². The van der Waals surface area contributed by atoms with Gasteiger partial charge in [0, 0.05) is 11.1 Å². The van der Waals surface area contributed by atoms with Gasteiger partial charge in [0.15, 0.2) is 0 Å². The average Bonchev–Trinajstić information content (AvgIpc) is 3.00. The fraction of sp³-hybridized carbons (Fsp3) is 0.0938. The highest BCUT2D eigenvalue weighted by Gasteiger charge is 2.28. The Balaban J connectivity index is 1.35. The maximum atomic E-state index is 13.8. The fourth-order valence-corrected chi connectivity index (χ4v) is 7.75. The predicted molar refractivity (Wildman–Crippen MR) is 176 cm³/mol. The van der Waals surface area contributed by atoms with Crippen molar-refractivity contribution in [2.45, 2.75) is 16.7 Å². The van der Waals surface area contributed by atoms with Gasteiger partial charge < -0.3 is 10.1 Å². The second-order valence-corrected chi connectivity index (χ2v) is 14.2. The number of rotatable bonds is 10. The minimum atomic E-state index is -4.17. The number of aryl methyl sites for hydroxylation is 1. The molecular weight excluding hydrogens is 666 g/mol. The molecule has 9 nitrogen and oxygen atoms in total. The lowest BCUT2D eigenvalue weighted by molar-refractivity contribution is -0.114. The summed E-state index contributed by atoms with van der Waals surface area (Å²) in [7, 11) is -6.63. The van der Waals surface area contributed by atoms with E-state index in [1.54, 1.807) is 36.4 Å². The van der Waals surface area contributed by atoms with Crippen LogP contribution in [-0.2, 0) is 24.8 Å². The number of anilines is 3. The molecule has 226 valence electrons. The second-order valence-electron chi connectivity index (χ2n) is 9.85. The Hall–Kier alpha value is -4.39. The quantitative estimate of drug-likeness (QED) is 0.171. The van der Waals surface area contributed by atoms with Gasteiger partial charge in [-0.15, -0.1) is 0 Å². The van der Waals surface area contributed by atoms with Gasteiger partial charge in [0.2, 0.25) is 5.91 Å². The van der Waals surface area contributed by atoms with E-state index in [4.69, 9.17) is 4.74 Å². The monoisotopic (exact) mass is 693 g/mol. The highest BCUT2D eigenvalue weighted by Crippen LogP contribution is 2.31. The van der Waals surface area contributed by atoms with Gasteiger partial charge in [-0.3, -0.25) is 13.8 Å². The number of ether oxygens (including phenoxy) is 1. The number of carbonyl (C=O) groups is 1. The van der Waals surface area contributed by atoms with Crippen LogP contribution in [0.5, 0.6) is 5.75 Å². The van der Waals surface area contributed by atoms with Gasteiger partial charge in [-0.25, -0.2) is 16.8 Å². The average molecular weight is 695 g/mol. The summed E-state index contributed by atoms with van der Waals surface area (Å²) in [6.07, 6.45) is 0. The Bertz CT molecular complexity index is 2050. The Morgan fingerprint density at radius 3 is 2.16 bits per heavy atom. The highest BCUT2D eigenvalue weighted by molar-refractivity contribution is 9.10. The number of hydrogen-bond donors (Lipinski definition) is 2. The molecular formula is C32H28BrN3O6S2. The molecule has 0 atom stereocenters. The molecule has 0 radical (unpaired) electrons. The number of halogens is 1. The van der Waals surface area contributed by atoms with E-state index in [0.717, 1.165) is 20.6 Å². The maximum absolute atomic E-state index is 13.8. The highest BCUT2D eigenvalue weighted by atomic mass is 79.9. The number of amides is 1.